The number of furan rings is 1. The van der Waals surface area contributed by atoms with E-state index in [2.05, 4.69) is 16.4 Å². The van der Waals surface area contributed by atoms with Gasteiger partial charge in [0.15, 0.2) is 11.5 Å². The Bertz CT molecular complexity index is 1500. The molecule has 184 valence electrons. The number of aromatic nitrogens is 3. The zero-order valence-corrected chi connectivity index (χ0v) is 19.4. The number of ether oxygens (including phenoxy) is 1. The number of carbonyl (C=O) groups is 2. The Morgan fingerprint density at radius 1 is 1.17 bits per heavy atom. The molecule has 10 heteroatoms. The van der Waals surface area contributed by atoms with Crippen molar-refractivity contribution in [1.29, 1.82) is 5.26 Å². The highest BCUT2D eigenvalue weighted by Gasteiger charge is 2.24. The molecule has 0 saturated heterocycles. The first kappa shape index (κ1) is 24.6. The third-order valence-electron chi connectivity index (χ3n) is 5.81. The number of aliphatic carboxylic acids is 1. The first-order valence-corrected chi connectivity index (χ1v) is 11.6. The van der Waals surface area contributed by atoms with Gasteiger partial charge in [0.25, 0.3) is 5.56 Å². The van der Waals surface area contributed by atoms with Crippen LogP contribution in [0.5, 0.6) is 5.75 Å². The summed E-state index contributed by atoms with van der Waals surface area (Å²) < 4.78 is 12.4. The van der Waals surface area contributed by atoms with E-state index in [1.54, 1.807) is 48.5 Å². The molecule has 0 aliphatic heterocycles. The summed E-state index contributed by atoms with van der Waals surface area (Å²) in [6, 6.07) is 15.6. The second-order valence-electron chi connectivity index (χ2n) is 8.36. The van der Waals surface area contributed by atoms with Crippen LogP contribution in [0.25, 0.3) is 21.9 Å². The van der Waals surface area contributed by atoms with Crippen molar-refractivity contribution in [2.45, 2.75) is 38.6 Å². The van der Waals surface area contributed by atoms with Crippen molar-refractivity contribution in [3.05, 3.63) is 64.6 Å². The van der Waals surface area contributed by atoms with E-state index in [9.17, 15) is 19.5 Å². The van der Waals surface area contributed by atoms with Crippen LogP contribution in [0.4, 0.5) is 0 Å². The van der Waals surface area contributed by atoms with Gasteiger partial charge in [-0.2, -0.15) is 5.26 Å². The predicted molar refractivity (Wildman–Crippen MR) is 130 cm³/mol. The maximum Gasteiger partial charge on any atom is 0.307 e. The van der Waals surface area contributed by atoms with Crippen LogP contribution in [0.3, 0.4) is 0 Å². The lowest BCUT2D eigenvalue weighted by Gasteiger charge is -2.11. The molecule has 2 aromatic heterocycles. The Labute approximate surface area is 205 Å². The van der Waals surface area contributed by atoms with Gasteiger partial charge in [0.05, 0.1) is 24.0 Å². The Hall–Kier alpha value is -4.52. The number of hydrogen-bond donors (Lipinski definition) is 1. The molecule has 0 radical (unpaired) electrons. The van der Waals surface area contributed by atoms with Gasteiger partial charge in [-0.05, 0) is 55.7 Å². The molecule has 2 aromatic carbocycles. The van der Waals surface area contributed by atoms with Crippen molar-refractivity contribution in [1.82, 2.24) is 15.0 Å². The molecule has 0 fully saturated rings. The van der Waals surface area contributed by atoms with E-state index in [1.165, 1.54) is 0 Å². The summed E-state index contributed by atoms with van der Waals surface area (Å²) in [5.41, 5.74) is 0.581. The zero-order valence-electron chi connectivity index (χ0n) is 19.4. The zero-order chi connectivity index (χ0) is 25.5. The molecule has 2 heterocycles. The minimum atomic E-state index is -1.15. The highest BCUT2D eigenvalue weighted by atomic mass is 16.5. The van der Waals surface area contributed by atoms with Crippen LogP contribution < -0.4 is 10.3 Å². The molecule has 0 bridgehead atoms. The number of Topliss-reactive ketones (excluding diaryl/α,β-unsaturated/α-hetero) is 1. The van der Waals surface area contributed by atoms with E-state index in [0.717, 1.165) is 17.5 Å². The summed E-state index contributed by atoms with van der Waals surface area (Å²) in [6.45, 7) is 0.484. The van der Waals surface area contributed by atoms with Gasteiger partial charge in [-0.1, -0.05) is 17.3 Å². The number of ketones is 1. The minimum absolute atomic E-state index is 0.0100. The maximum atomic E-state index is 12.8. The smallest absolute Gasteiger partial charge is 0.307 e. The number of benzene rings is 2. The largest absolute Gasteiger partial charge is 0.494 e. The molecule has 10 nitrogen and oxygen atoms in total. The summed E-state index contributed by atoms with van der Waals surface area (Å²) in [7, 11) is 0. The highest BCUT2D eigenvalue weighted by molar-refractivity contribution is 5.99. The van der Waals surface area contributed by atoms with Gasteiger partial charge in [-0.15, -0.1) is 5.10 Å². The van der Waals surface area contributed by atoms with Gasteiger partial charge in [-0.3, -0.25) is 14.4 Å². The minimum Gasteiger partial charge on any atom is -0.494 e. The molecule has 1 N–H and O–H groups in total. The number of nitriles is 1. The van der Waals surface area contributed by atoms with Crippen LogP contribution in [0.1, 0.15) is 42.7 Å². The van der Waals surface area contributed by atoms with Gasteiger partial charge < -0.3 is 14.3 Å². The van der Waals surface area contributed by atoms with Crippen molar-refractivity contribution < 1.29 is 23.8 Å². The molecule has 0 aliphatic carbocycles. The van der Waals surface area contributed by atoms with E-state index in [-0.39, 0.29) is 30.7 Å². The first-order valence-electron chi connectivity index (χ1n) is 11.6. The number of carboxylic acids is 1. The number of carboxylic acid groups (broad SMARTS) is 1. The lowest BCUT2D eigenvalue weighted by molar-refractivity contribution is -0.142. The quantitative estimate of drug-likeness (QED) is 0.231. The average molecular weight is 489 g/mol. The fourth-order valence-electron chi connectivity index (χ4n) is 3.83. The molecule has 4 rings (SSSR count). The van der Waals surface area contributed by atoms with Gasteiger partial charge in [0.2, 0.25) is 0 Å². The van der Waals surface area contributed by atoms with Gasteiger partial charge >= 0.3 is 5.97 Å². The fraction of sp³-hybridized carbons (Fsp3) is 0.308. The summed E-state index contributed by atoms with van der Waals surface area (Å²) >= 11 is 0. The number of aryl methyl sites for hydroxylation is 1. The van der Waals surface area contributed by atoms with Crippen LogP contribution in [0.2, 0.25) is 0 Å². The molecule has 0 spiro atoms. The monoisotopic (exact) mass is 488 g/mol. The molecular formula is C26H24N4O6. The lowest BCUT2D eigenvalue weighted by atomic mass is 9.98. The second kappa shape index (κ2) is 11.3. The summed E-state index contributed by atoms with van der Waals surface area (Å²) in [5, 5.41) is 27.2. The number of carbonyl (C=O) groups excluding carboxylic acids is 1. The molecule has 36 heavy (non-hydrogen) atoms. The van der Waals surface area contributed by atoms with E-state index in [4.69, 9.17) is 14.4 Å². The average Bonchev–Trinajstić information content (AvgIpc) is 3.31. The van der Waals surface area contributed by atoms with Crippen LogP contribution in [-0.2, 0) is 11.3 Å². The van der Waals surface area contributed by atoms with Gasteiger partial charge in [0.1, 0.15) is 16.8 Å². The molecular weight excluding hydrogens is 464 g/mol. The van der Waals surface area contributed by atoms with Gasteiger partial charge in [-0.25, -0.2) is 4.68 Å². The Balaban J connectivity index is 1.40. The van der Waals surface area contributed by atoms with Crippen molar-refractivity contribution in [2.75, 3.05) is 6.61 Å². The number of hydrogen-bond acceptors (Lipinski definition) is 8. The van der Waals surface area contributed by atoms with Crippen LogP contribution in [-0.4, -0.2) is 38.5 Å². The normalized spacial score (nSPS) is 11.9. The Morgan fingerprint density at radius 2 is 2.00 bits per heavy atom. The van der Waals surface area contributed by atoms with E-state index in [1.807, 2.05) is 0 Å². The number of rotatable bonds is 12. The van der Waals surface area contributed by atoms with E-state index in [0.29, 0.717) is 40.6 Å². The first-order chi connectivity index (χ1) is 17.5. The topological polar surface area (TPSA) is 148 Å². The van der Waals surface area contributed by atoms with Crippen molar-refractivity contribution in [3.63, 3.8) is 0 Å². The standard InChI is InChI=1S/C26H24N4O6/c27-11-4-1-5-13-35-19-8-9-23-18(14-19)16-24(36-23)22(31)15-17(26(33)34)10-12-30-25(32)20-6-2-3-7-21(20)28-29-30/h2-3,6-9,14,16-17H,1,4-5,10,12-13,15H2,(H,33,34). The predicted octanol–water partition coefficient (Wildman–Crippen LogP) is 3.97. The van der Waals surface area contributed by atoms with Crippen molar-refractivity contribution in [2.24, 2.45) is 5.92 Å². The molecule has 0 saturated carbocycles. The Morgan fingerprint density at radius 3 is 2.81 bits per heavy atom. The summed E-state index contributed by atoms with van der Waals surface area (Å²) in [6.07, 6.45) is 1.74. The summed E-state index contributed by atoms with van der Waals surface area (Å²) in [5.74, 6) is -1.95. The van der Waals surface area contributed by atoms with E-state index >= 15 is 0 Å². The van der Waals surface area contributed by atoms with Crippen molar-refractivity contribution in [3.8, 4) is 11.8 Å². The number of nitrogens with zero attached hydrogens (tertiary/aromatic N) is 4. The number of fused-ring (bicyclic) bond motifs is 2. The molecule has 1 unspecified atom stereocenters. The second-order valence-corrected chi connectivity index (χ2v) is 8.36. The van der Waals surface area contributed by atoms with Crippen LogP contribution >= 0.6 is 0 Å². The highest BCUT2D eigenvalue weighted by Crippen LogP contribution is 2.26. The van der Waals surface area contributed by atoms with E-state index < -0.39 is 17.7 Å². The van der Waals surface area contributed by atoms with Gasteiger partial charge in [0, 0.05) is 24.8 Å². The SMILES string of the molecule is N#CCCCCOc1ccc2oc(C(=O)CC(CCn3nnc4ccccc4c3=O)C(=O)O)cc2c1. The molecule has 1 atom stereocenters. The molecule has 0 aliphatic rings. The Kier molecular flexibility index (Phi) is 7.70. The summed E-state index contributed by atoms with van der Waals surface area (Å²) in [4.78, 5) is 37.3. The van der Waals surface area contributed by atoms with Crippen LogP contribution in [0, 0.1) is 17.2 Å². The van der Waals surface area contributed by atoms with Crippen molar-refractivity contribution >= 4 is 33.6 Å². The molecule has 0 amide bonds. The van der Waals surface area contributed by atoms with Crippen LogP contribution in [0.15, 0.2) is 57.7 Å². The molecule has 4 aromatic rings. The maximum absolute atomic E-state index is 12.8. The number of unbranched alkanes of at least 4 members (excludes halogenated alkanes) is 2. The lowest BCUT2D eigenvalue weighted by Crippen LogP contribution is -2.27. The third kappa shape index (κ3) is 5.75. The third-order valence-corrected chi connectivity index (χ3v) is 5.81. The fourth-order valence-corrected chi connectivity index (χ4v) is 3.83.